The number of carbonyl (C=O) groups is 3. The van der Waals surface area contributed by atoms with Gasteiger partial charge in [0, 0.05) is 41.4 Å². The smallest absolute Gasteiger partial charge is 0.411 e. The van der Waals surface area contributed by atoms with Gasteiger partial charge < -0.3 is 20.1 Å². The van der Waals surface area contributed by atoms with Crippen LogP contribution in [-0.4, -0.2) is 67.1 Å². The Bertz CT molecular complexity index is 2160. The normalized spacial score (nSPS) is 19.6. The quantitative estimate of drug-likeness (QED) is 0.183. The Hall–Kier alpha value is -4.58. The molecular weight excluding hydrogens is 765 g/mol. The lowest BCUT2D eigenvalue weighted by Crippen LogP contribution is -2.51. The van der Waals surface area contributed by atoms with Gasteiger partial charge in [0.05, 0.1) is 44.0 Å². The first-order valence-electron chi connectivity index (χ1n) is 18.8. The van der Waals surface area contributed by atoms with E-state index in [-0.39, 0.29) is 42.1 Å². The third-order valence-electron chi connectivity index (χ3n) is 9.12. The molecule has 2 N–H and O–H groups in total. The molecule has 0 saturated carbocycles. The van der Waals surface area contributed by atoms with Crippen molar-refractivity contribution in [3.8, 4) is 16.6 Å². The molecular formula is C42H52N6O5S3. The molecule has 1 fully saturated rings. The third kappa shape index (κ3) is 10.2. The summed E-state index contributed by atoms with van der Waals surface area (Å²) in [4.78, 5) is 49.8. The summed E-state index contributed by atoms with van der Waals surface area (Å²) in [7, 11) is 0. The fraction of sp³-hybridized carbons (Fsp3) is 0.476. The second-order valence-electron chi connectivity index (χ2n) is 16.2. The molecule has 298 valence electrons. The number of anilines is 1. The predicted octanol–water partition coefficient (Wildman–Crippen LogP) is 10.6. The molecule has 11 nitrogen and oxygen atoms in total. The van der Waals surface area contributed by atoms with Gasteiger partial charge >= 0.3 is 12.2 Å². The minimum absolute atomic E-state index is 0.0273. The number of aromatic nitrogens is 2. The SMILES string of the molecule is C[C@@H]1CC(=O)C[C@H](C)N1C(=O)OC(C)(C)C.C[C@@H]1Cc2c(sc(N)c2-c2nc3ccccc3s2)[C@H](C)N1C(=O)OC(C)(C)C.N#CCc1nc2ccccc2s1. The Morgan fingerprint density at radius 2 is 1.29 bits per heavy atom. The molecule has 14 heteroatoms. The van der Waals surface area contributed by atoms with Crippen molar-refractivity contribution in [3.63, 3.8) is 0 Å². The van der Waals surface area contributed by atoms with E-state index in [0.717, 1.165) is 52.3 Å². The Morgan fingerprint density at radius 1 is 0.786 bits per heavy atom. The zero-order valence-electron chi connectivity index (χ0n) is 33.8. The van der Waals surface area contributed by atoms with Crippen LogP contribution in [0.15, 0.2) is 48.5 Å². The maximum Gasteiger partial charge on any atom is 0.411 e. The summed E-state index contributed by atoms with van der Waals surface area (Å²) in [5.41, 5.74) is 9.71. The summed E-state index contributed by atoms with van der Waals surface area (Å²) >= 11 is 4.82. The van der Waals surface area contributed by atoms with Crippen LogP contribution >= 0.6 is 34.0 Å². The highest BCUT2D eigenvalue weighted by Gasteiger charge is 2.39. The standard InChI is InChI=1S/C21H25N3O2S2.C12H21NO3.C9H6N2S/c1-11-10-13-16(19-23-14-8-6-7-9-15(14)27-19)18(22)28-17(13)12(2)24(11)20(25)26-21(3,4)5;1-8-6-10(14)7-9(2)13(8)11(15)16-12(3,4)5;10-6-5-9-11-7-3-1-2-4-8(7)12-9/h6-9,11-12H,10,22H2,1-5H3;8-9H,6-7H2,1-5H3;1-4H,5H2/t11-,12+;8-,9+;/m1../s1. The van der Waals surface area contributed by atoms with Crippen LogP contribution in [0.1, 0.15) is 104 Å². The average Bonchev–Trinajstić information content (AvgIpc) is 3.77. The van der Waals surface area contributed by atoms with Crippen LogP contribution in [-0.2, 0) is 27.1 Å². The fourth-order valence-corrected chi connectivity index (χ4v) is 10.1. The van der Waals surface area contributed by atoms with E-state index in [1.165, 1.54) is 5.56 Å². The molecule has 1 saturated heterocycles. The molecule has 2 aliphatic heterocycles. The maximum absolute atomic E-state index is 12.8. The second-order valence-corrected chi connectivity index (χ2v) is 19.5. The first-order chi connectivity index (χ1) is 26.3. The molecule has 5 aromatic rings. The number of carbonyl (C=O) groups excluding carboxylic acids is 3. The molecule has 0 unspecified atom stereocenters. The van der Waals surface area contributed by atoms with Crippen LogP contribution in [0.25, 0.3) is 31.0 Å². The van der Waals surface area contributed by atoms with Crippen LogP contribution in [0.4, 0.5) is 14.6 Å². The van der Waals surface area contributed by atoms with Gasteiger partial charge in [-0.2, -0.15) is 5.26 Å². The minimum atomic E-state index is -0.516. The first kappa shape index (κ1) is 42.6. The number of benzene rings is 2. The molecule has 0 bridgehead atoms. The highest BCUT2D eigenvalue weighted by Crippen LogP contribution is 2.48. The van der Waals surface area contributed by atoms with E-state index < -0.39 is 11.2 Å². The molecule has 5 heterocycles. The third-order valence-corrected chi connectivity index (χ3v) is 12.4. The number of thiazole rings is 2. The van der Waals surface area contributed by atoms with Crippen molar-refractivity contribution in [3.05, 3.63) is 64.0 Å². The largest absolute Gasteiger partial charge is 0.444 e. The average molecular weight is 817 g/mol. The van der Waals surface area contributed by atoms with Crippen molar-refractivity contribution in [2.24, 2.45) is 0 Å². The molecule has 0 spiro atoms. The number of hydrogen-bond donors (Lipinski definition) is 1. The Kier molecular flexibility index (Phi) is 13.1. The summed E-state index contributed by atoms with van der Waals surface area (Å²) in [6.45, 7) is 19.1. The number of nitriles is 1. The Balaban J connectivity index is 0.000000180. The van der Waals surface area contributed by atoms with Gasteiger partial charge in [-0.1, -0.05) is 24.3 Å². The molecule has 4 atom stereocenters. The molecule has 0 radical (unpaired) electrons. The monoisotopic (exact) mass is 816 g/mol. The fourth-order valence-electron chi connectivity index (χ4n) is 6.92. The van der Waals surface area contributed by atoms with Crippen LogP contribution in [0, 0.1) is 11.3 Å². The van der Waals surface area contributed by atoms with Crippen molar-refractivity contribution in [2.75, 3.05) is 5.73 Å². The number of rotatable bonds is 2. The molecule has 0 aliphatic carbocycles. The lowest BCUT2D eigenvalue weighted by molar-refractivity contribution is -0.124. The van der Waals surface area contributed by atoms with E-state index in [1.807, 2.05) is 103 Å². The van der Waals surface area contributed by atoms with Crippen LogP contribution in [0.3, 0.4) is 0 Å². The summed E-state index contributed by atoms with van der Waals surface area (Å²) in [5, 5.41) is 11.1. The van der Waals surface area contributed by atoms with Gasteiger partial charge in [0.2, 0.25) is 0 Å². The number of ketones is 1. The van der Waals surface area contributed by atoms with Gasteiger partial charge in [-0.05, 0) is 105 Å². The van der Waals surface area contributed by atoms with E-state index in [4.69, 9.17) is 25.5 Å². The van der Waals surface area contributed by atoms with Gasteiger partial charge in [0.1, 0.15) is 27.0 Å². The van der Waals surface area contributed by atoms with Crippen molar-refractivity contribution in [1.82, 2.24) is 19.8 Å². The molecule has 56 heavy (non-hydrogen) atoms. The highest BCUT2D eigenvalue weighted by atomic mass is 32.1. The van der Waals surface area contributed by atoms with Gasteiger partial charge in [-0.25, -0.2) is 19.6 Å². The number of hydrogen-bond acceptors (Lipinski definition) is 12. The van der Waals surface area contributed by atoms with Crippen molar-refractivity contribution in [2.45, 2.75) is 130 Å². The van der Waals surface area contributed by atoms with Crippen LogP contribution in [0.5, 0.6) is 0 Å². The van der Waals surface area contributed by atoms with E-state index in [9.17, 15) is 14.4 Å². The first-order valence-corrected chi connectivity index (χ1v) is 21.2. The van der Waals surface area contributed by atoms with E-state index >= 15 is 0 Å². The zero-order chi connectivity index (χ0) is 41.1. The molecule has 2 aliphatic rings. The number of nitrogens with zero attached hydrogens (tertiary/aromatic N) is 5. The predicted molar refractivity (Wildman–Crippen MR) is 227 cm³/mol. The lowest BCUT2D eigenvalue weighted by Gasteiger charge is -2.39. The summed E-state index contributed by atoms with van der Waals surface area (Å²) < 4.78 is 13.3. The topological polar surface area (TPSA) is 152 Å². The number of amides is 2. The molecule has 7 rings (SSSR count). The second kappa shape index (κ2) is 17.3. The van der Waals surface area contributed by atoms with Crippen LogP contribution < -0.4 is 5.73 Å². The number of nitrogen functional groups attached to an aromatic ring is 1. The number of Topliss-reactive ketones (excluding diaryl/α,β-unsaturated/α-hetero) is 1. The van der Waals surface area contributed by atoms with Gasteiger partial charge in [-0.3, -0.25) is 9.69 Å². The van der Waals surface area contributed by atoms with Crippen molar-refractivity contribution >= 4 is 77.4 Å². The van der Waals surface area contributed by atoms with Gasteiger partial charge in [0.15, 0.2) is 0 Å². The number of ether oxygens (including phenoxy) is 2. The number of thiophene rings is 1. The van der Waals surface area contributed by atoms with Crippen LogP contribution in [0.2, 0.25) is 0 Å². The number of fused-ring (bicyclic) bond motifs is 3. The minimum Gasteiger partial charge on any atom is -0.444 e. The van der Waals surface area contributed by atoms with E-state index in [0.29, 0.717) is 19.3 Å². The maximum atomic E-state index is 12.8. The van der Waals surface area contributed by atoms with Gasteiger partial charge in [-0.15, -0.1) is 34.0 Å². The van der Waals surface area contributed by atoms with Gasteiger partial charge in [0.25, 0.3) is 0 Å². The number of likely N-dealkylation sites (tertiary alicyclic amines) is 1. The molecule has 2 amide bonds. The molecule has 3 aromatic heterocycles. The summed E-state index contributed by atoms with van der Waals surface area (Å²) in [6.07, 6.45) is 1.44. The lowest BCUT2D eigenvalue weighted by atomic mass is 9.93. The molecule has 2 aromatic carbocycles. The van der Waals surface area contributed by atoms with Crippen molar-refractivity contribution in [1.29, 1.82) is 5.26 Å². The van der Waals surface area contributed by atoms with Crippen molar-refractivity contribution < 1.29 is 23.9 Å². The summed E-state index contributed by atoms with van der Waals surface area (Å²) in [5.74, 6) is 0.222. The Morgan fingerprint density at radius 3 is 1.80 bits per heavy atom. The zero-order valence-corrected chi connectivity index (χ0v) is 36.3. The number of piperidine rings is 1. The highest BCUT2D eigenvalue weighted by molar-refractivity contribution is 7.22. The summed E-state index contributed by atoms with van der Waals surface area (Å²) in [6, 6.07) is 18.0. The number of para-hydroxylation sites is 2. The van der Waals surface area contributed by atoms with E-state index in [1.54, 1.807) is 38.9 Å². The number of nitrogens with two attached hydrogens (primary N) is 1. The van der Waals surface area contributed by atoms with E-state index in [2.05, 4.69) is 31.0 Å². The Labute approximate surface area is 341 Å².